The summed E-state index contributed by atoms with van der Waals surface area (Å²) in [6, 6.07) is 16.9. The molecule has 1 aliphatic rings. The predicted molar refractivity (Wildman–Crippen MR) is 107 cm³/mol. The van der Waals surface area contributed by atoms with E-state index in [0.29, 0.717) is 10.6 Å². The first-order valence-electron chi connectivity index (χ1n) is 8.68. The van der Waals surface area contributed by atoms with Crippen LogP contribution < -0.4 is 15.0 Å². The van der Waals surface area contributed by atoms with Gasteiger partial charge in [-0.1, -0.05) is 30.3 Å². The van der Waals surface area contributed by atoms with E-state index in [-0.39, 0.29) is 17.0 Å². The van der Waals surface area contributed by atoms with Gasteiger partial charge in [-0.25, -0.2) is 4.90 Å². The largest absolute Gasteiger partial charge is 0.573 e. The molecule has 1 aliphatic heterocycles. The van der Waals surface area contributed by atoms with E-state index in [4.69, 9.17) is 0 Å². The molecule has 0 atom stereocenters. The second-order valence-electron chi connectivity index (χ2n) is 6.21. The molecule has 1 aromatic heterocycles. The molecule has 0 saturated heterocycles. The molecule has 0 spiro atoms. The summed E-state index contributed by atoms with van der Waals surface area (Å²) in [5.41, 5.74) is 0.709. The lowest BCUT2D eigenvalue weighted by Gasteiger charge is -2.15. The Morgan fingerprint density at radius 1 is 0.900 bits per heavy atom. The number of ether oxygens (including phenoxy) is 1. The van der Waals surface area contributed by atoms with Crippen LogP contribution in [0.1, 0.15) is 4.88 Å². The first-order chi connectivity index (χ1) is 14.3. The maximum atomic E-state index is 13.1. The Morgan fingerprint density at radius 3 is 2.33 bits per heavy atom. The van der Waals surface area contributed by atoms with Gasteiger partial charge < -0.3 is 10.1 Å². The van der Waals surface area contributed by atoms with Crippen molar-refractivity contribution in [3.8, 4) is 5.75 Å². The molecule has 0 saturated carbocycles. The summed E-state index contributed by atoms with van der Waals surface area (Å²) in [5.74, 6) is -1.56. The molecule has 1 N–H and O–H groups in total. The van der Waals surface area contributed by atoms with Gasteiger partial charge in [0.25, 0.3) is 11.8 Å². The van der Waals surface area contributed by atoms with Crippen molar-refractivity contribution in [3.05, 3.63) is 82.7 Å². The van der Waals surface area contributed by atoms with Crippen LogP contribution in [0.4, 0.5) is 24.5 Å². The van der Waals surface area contributed by atoms with Crippen molar-refractivity contribution in [1.29, 1.82) is 0 Å². The average Bonchev–Trinajstić information content (AvgIpc) is 3.29. The third-order valence-electron chi connectivity index (χ3n) is 4.20. The molecular formula is C21H13F3N2O3S. The number of nitrogens with zero attached hydrogens (tertiary/aromatic N) is 1. The molecule has 0 aliphatic carbocycles. The number of thiophene rings is 1. The molecule has 5 nitrogen and oxygen atoms in total. The third kappa shape index (κ3) is 3.92. The van der Waals surface area contributed by atoms with Gasteiger partial charge in [0.2, 0.25) is 0 Å². The monoisotopic (exact) mass is 430 g/mol. The first-order valence-corrected chi connectivity index (χ1v) is 9.56. The summed E-state index contributed by atoms with van der Waals surface area (Å²) in [4.78, 5) is 27.8. The average molecular weight is 430 g/mol. The summed E-state index contributed by atoms with van der Waals surface area (Å²) in [7, 11) is 0. The van der Waals surface area contributed by atoms with Crippen LogP contribution in [0.2, 0.25) is 0 Å². The van der Waals surface area contributed by atoms with Crippen LogP contribution in [0.3, 0.4) is 0 Å². The Labute approximate surface area is 173 Å². The predicted octanol–water partition coefficient (Wildman–Crippen LogP) is 5.04. The van der Waals surface area contributed by atoms with Crippen molar-refractivity contribution in [2.45, 2.75) is 6.36 Å². The molecule has 0 fully saturated rings. The van der Waals surface area contributed by atoms with Crippen molar-refractivity contribution in [3.63, 3.8) is 0 Å². The highest BCUT2D eigenvalue weighted by atomic mass is 32.1. The van der Waals surface area contributed by atoms with Gasteiger partial charge in [-0.15, -0.1) is 24.5 Å². The number of imide groups is 1. The van der Waals surface area contributed by atoms with Crippen LogP contribution >= 0.6 is 11.3 Å². The van der Waals surface area contributed by atoms with Crippen LogP contribution in [0.25, 0.3) is 5.57 Å². The van der Waals surface area contributed by atoms with Crippen molar-refractivity contribution in [2.75, 3.05) is 10.2 Å². The highest BCUT2D eigenvalue weighted by Gasteiger charge is 2.40. The Morgan fingerprint density at radius 2 is 1.67 bits per heavy atom. The smallest absolute Gasteiger partial charge is 0.406 e. The zero-order chi connectivity index (χ0) is 21.3. The molecule has 0 bridgehead atoms. The number of para-hydroxylation sites is 1. The number of benzene rings is 2. The van der Waals surface area contributed by atoms with Gasteiger partial charge in [-0.2, -0.15) is 0 Å². The minimum atomic E-state index is -4.84. The lowest BCUT2D eigenvalue weighted by Crippen LogP contribution is -2.32. The van der Waals surface area contributed by atoms with Crippen LogP contribution in [-0.4, -0.2) is 18.2 Å². The number of alkyl halides is 3. The number of halogens is 3. The molecule has 2 aromatic carbocycles. The molecule has 30 heavy (non-hydrogen) atoms. The lowest BCUT2D eigenvalue weighted by molar-refractivity contribution is -0.274. The second kappa shape index (κ2) is 7.68. The first kappa shape index (κ1) is 19.7. The van der Waals surface area contributed by atoms with Gasteiger partial charge in [0.1, 0.15) is 11.4 Å². The van der Waals surface area contributed by atoms with Crippen molar-refractivity contribution in [1.82, 2.24) is 0 Å². The van der Waals surface area contributed by atoms with E-state index in [9.17, 15) is 22.8 Å². The van der Waals surface area contributed by atoms with Gasteiger partial charge in [-0.3, -0.25) is 9.59 Å². The summed E-state index contributed by atoms with van der Waals surface area (Å²) in [6.45, 7) is 0. The number of rotatable bonds is 5. The van der Waals surface area contributed by atoms with Gasteiger partial charge in [0.05, 0.1) is 11.3 Å². The number of hydrogen-bond donors (Lipinski definition) is 1. The van der Waals surface area contributed by atoms with E-state index in [1.807, 2.05) is 0 Å². The van der Waals surface area contributed by atoms with Crippen LogP contribution in [0.5, 0.6) is 5.75 Å². The minimum Gasteiger partial charge on any atom is -0.406 e. The molecule has 4 rings (SSSR count). The number of amides is 2. The maximum absolute atomic E-state index is 13.1. The fourth-order valence-corrected chi connectivity index (χ4v) is 3.79. The Bertz CT molecular complexity index is 1130. The lowest BCUT2D eigenvalue weighted by atomic mass is 10.2. The van der Waals surface area contributed by atoms with Crippen LogP contribution in [-0.2, 0) is 9.59 Å². The fourth-order valence-electron chi connectivity index (χ4n) is 3.02. The van der Waals surface area contributed by atoms with Crippen molar-refractivity contribution < 1.29 is 27.5 Å². The number of nitrogens with one attached hydrogen (secondary N) is 1. The fraction of sp³-hybridized carbons (Fsp3) is 0.0476. The molecule has 0 radical (unpaired) electrons. The van der Waals surface area contributed by atoms with Crippen LogP contribution in [0, 0.1) is 0 Å². The van der Waals surface area contributed by atoms with E-state index in [1.54, 1.807) is 47.8 Å². The van der Waals surface area contributed by atoms with Gasteiger partial charge in [0, 0.05) is 16.6 Å². The SMILES string of the molecule is O=C1C(Nc2cccc(OC(F)(F)F)c2)=C(c2cccs2)C(=O)N1c1ccccc1. The number of hydrogen-bond acceptors (Lipinski definition) is 5. The van der Waals surface area contributed by atoms with E-state index in [1.165, 1.54) is 23.5 Å². The Hall–Kier alpha value is -3.59. The van der Waals surface area contributed by atoms with Gasteiger partial charge >= 0.3 is 6.36 Å². The normalized spacial score (nSPS) is 14.4. The quantitative estimate of drug-likeness (QED) is 0.576. The van der Waals surface area contributed by atoms with E-state index >= 15 is 0 Å². The zero-order valence-electron chi connectivity index (χ0n) is 15.1. The minimum absolute atomic E-state index is 0.0181. The van der Waals surface area contributed by atoms with Gasteiger partial charge in [0.15, 0.2) is 0 Å². The summed E-state index contributed by atoms with van der Waals surface area (Å²) < 4.78 is 41.5. The number of carbonyl (C=O) groups excluding carboxylic acids is 2. The highest BCUT2D eigenvalue weighted by Crippen LogP contribution is 2.36. The van der Waals surface area contributed by atoms with Crippen molar-refractivity contribution in [2.24, 2.45) is 0 Å². The molecule has 3 aromatic rings. The zero-order valence-corrected chi connectivity index (χ0v) is 16.0. The number of anilines is 2. The molecule has 2 amide bonds. The molecular weight excluding hydrogens is 417 g/mol. The number of carbonyl (C=O) groups is 2. The van der Waals surface area contributed by atoms with E-state index in [2.05, 4.69) is 10.1 Å². The summed E-state index contributed by atoms with van der Waals surface area (Å²) >= 11 is 1.28. The molecule has 2 heterocycles. The van der Waals surface area contributed by atoms with E-state index < -0.39 is 23.9 Å². The standard InChI is InChI=1S/C21H13F3N2O3S/c22-21(23,24)29-15-9-4-6-13(12-15)25-18-17(16-10-5-11-30-16)19(27)26(20(18)28)14-7-2-1-3-8-14/h1-12,25H. The Balaban J connectivity index is 1.73. The Kier molecular flexibility index (Phi) is 5.04. The summed E-state index contributed by atoms with van der Waals surface area (Å²) in [6.07, 6.45) is -4.84. The van der Waals surface area contributed by atoms with Crippen LogP contribution in [0.15, 0.2) is 77.8 Å². The second-order valence-corrected chi connectivity index (χ2v) is 7.16. The molecule has 0 unspecified atom stereocenters. The summed E-state index contributed by atoms with van der Waals surface area (Å²) in [5, 5.41) is 4.58. The third-order valence-corrected chi connectivity index (χ3v) is 5.09. The van der Waals surface area contributed by atoms with Crippen molar-refractivity contribution >= 4 is 40.1 Å². The highest BCUT2D eigenvalue weighted by molar-refractivity contribution is 7.11. The van der Waals surface area contributed by atoms with Gasteiger partial charge in [-0.05, 0) is 35.7 Å². The molecule has 152 valence electrons. The molecule has 9 heteroatoms. The van der Waals surface area contributed by atoms with E-state index in [0.717, 1.165) is 17.0 Å². The topological polar surface area (TPSA) is 58.6 Å². The maximum Gasteiger partial charge on any atom is 0.573 e.